The molecule has 1 N–H and O–H groups in total. The number of alkyl halides is 3. The highest BCUT2D eigenvalue weighted by atomic mass is 32.2. The predicted octanol–water partition coefficient (Wildman–Crippen LogP) is 6.12. The lowest BCUT2D eigenvalue weighted by Crippen LogP contribution is -2.43. The van der Waals surface area contributed by atoms with Gasteiger partial charge in [-0.2, -0.15) is 21.6 Å². The van der Waals surface area contributed by atoms with Gasteiger partial charge < -0.3 is 14.2 Å². The molecule has 0 aliphatic carbocycles. The molecule has 0 bridgehead atoms. The van der Waals surface area contributed by atoms with Crippen molar-refractivity contribution < 1.29 is 35.7 Å². The first-order chi connectivity index (χ1) is 17.9. The molecular weight excluding hydrogens is 519 g/mol. The second-order valence-corrected chi connectivity index (χ2v) is 10.6. The number of halogens is 3. The molecule has 1 heterocycles. The summed E-state index contributed by atoms with van der Waals surface area (Å²) >= 11 is 0. The van der Waals surface area contributed by atoms with Gasteiger partial charge in [-0.25, -0.2) is 4.79 Å². The van der Waals surface area contributed by atoms with Crippen LogP contribution in [0.15, 0.2) is 72.8 Å². The maximum Gasteiger partial charge on any atom is 0.534 e. The van der Waals surface area contributed by atoms with Crippen LogP contribution < -0.4 is 9.08 Å². The quantitative estimate of drug-likeness (QED) is 0.219. The molecule has 0 saturated carbocycles. The van der Waals surface area contributed by atoms with Crippen LogP contribution in [0.1, 0.15) is 47.7 Å². The third kappa shape index (κ3) is 5.55. The van der Waals surface area contributed by atoms with E-state index in [0.717, 1.165) is 34.9 Å². The Kier molecular flexibility index (Phi) is 7.55. The molecule has 0 saturated heterocycles. The first-order valence-electron chi connectivity index (χ1n) is 11.9. The number of fused-ring (bicyclic) bond motifs is 1. The summed E-state index contributed by atoms with van der Waals surface area (Å²) in [6, 6.07) is 19.1. The minimum atomic E-state index is -5.79. The summed E-state index contributed by atoms with van der Waals surface area (Å²) in [6.07, 6.45) is 3.78. The number of carboxylic acids is 1. The molecule has 2 atom stereocenters. The summed E-state index contributed by atoms with van der Waals surface area (Å²) in [4.78, 5) is 13.1. The second kappa shape index (κ2) is 10.5. The fourth-order valence-corrected chi connectivity index (χ4v) is 5.26. The number of carbonyl (C=O) groups is 1. The lowest BCUT2D eigenvalue weighted by Gasteiger charge is -2.45. The molecule has 0 fully saturated rings. The van der Waals surface area contributed by atoms with Gasteiger partial charge in [0.1, 0.15) is 5.75 Å². The van der Waals surface area contributed by atoms with Crippen molar-refractivity contribution in [3.63, 3.8) is 0 Å². The summed E-state index contributed by atoms with van der Waals surface area (Å²) in [7, 11) is -5.79. The van der Waals surface area contributed by atoms with Crippen molar-refractivity contribution in [3.8, 4) is 5.75 Å². The second-order valence-electron chi connectivity index (χ2n) is 9.03. The third-order valence-corrected chi connectivity index (χ3v) is 7.47. The summed E-state index contributed by atoms with van der Waals surface area (Å²) in [5.41, 5.74) is -0.319. The van der Waals surface area contributed by atoms with E-state index in [4.69, 9.17) is 5.11 Å². The Balaban J connectivity index is 1.83. The number of nitrogens with zero attached hydrogens (tertiary/aromatic N) is 1. The Bertz CT molecular complexity index is 1470. The molecule has 0 amide bonds. The van der Waals surface area contributed by atoms with Gasteiger partial charge in [0.15, 0.2) is 0 Å². The van der Waals surface area contributed by atoms with Crippen molar-refractivity contribution in [1.82, 2.24) is 0 Å². The monoisotopic (exact) mass is 545 g/mol. The van der Waals surface area contributed by atoms with E-state index >= 15 is 0 Å². The smallest absolute Gasteiger partial charge is 0.478 e. The van der Waals surface area contributed by atoms with Gasteiger partial charge in [-0.05, 0) is 71.9 Å². The zero-order valence-electron chi connectivity index (χ0n) is 20.6. The lowest BCUT2D eigenvalue weighted by atomic mass is 9.84. The number of aryl methyl sites for hydroxylation is 1. The maximum atomic E-state index is 12.9. The van der Waals surface area contributed by atoms with E-state index in [1.165, 1.54) is 18.2 Å². The van der Waals surface area contributed by atoms with Crippen molar-refractivity contribution >= 4 is 27.9 Å². The van der Waals surface area contributed by atoms with Gasteiger partial charge in [0.25, 0.3) is 0 Å². The average Bonchev–Trinajstić information content (AvgIpc) is 2.86. The van der Waals surface area contributed by atoms with Gasteiger partial charge in [-0.3, -0.25) is 0 Å². The number of rotatable bonds is 7. The van der Waals surface area contributed by atoms with Gasteiger partial charge >= 0.3 is 21.6 Å². The molecular formula is C28H26F3NO5S. The Morgan fingerprint density at radius 1 is 1.11 bits per heavy atom. The molecule has 0 radical (unpaired) electrons. The number of anilines is 1. The minimum absolute atomic E-state index is 0.0961. The Morgan fingerprint density at radius 2 is 1.79 bits per heavy atom. The normalized spacial score (nSPS) is 17.9. The van der Waals surface area contributed by atoms with E-state index in [0.29, 0.717) is 17.5 Å². The first-order valence-corrected chi connectivity index (χ1v) is 13.3. The van der Waals surface area contributed by atoms with Gasteiger partial charge in [0.2, 0.25) is 0 Å². The molecule has 0 unspecified atom stereocenters. The molecule has 3 aromatic carbocycles. The molecule has 6 nitrogen and oxygen atoms in total. The van der Waals surface area contributed by atoms with Crippen LogP contribution in [-0.2, 0) is 27.8 Å². The van der Waals surface area contributed by atoms with Crippen LogP contribution in [0.3, 0.4) is 0 Å². The number of hydrogen-bond acceptors (Lipinski definition) is 5. The van der Waals surface area contributed by atoms with E-state index in [9.17, 15) is 26.4 Å². The summed E-state index contributed by atoms with van der Waals surface area (Å²) in [6.45, 7) is 4.07. The van der Waals surface area contributed by atoms with Crippen molar-refractivity contribution in [2.75, 3.05) is 4.90 Å². The molecule has 38 heavy (non-hydrogen) atoms. The standard InChI is InChI=1S/C28H26F3NO5S/c1-3-20-6-4-5-7-25(20)32-18(2)16-22-17-23(37-38(35,36)28(29,30)31)13-14-24(22)27(32)21-11-8-19(9-12-21)10-15-26(33)34/h4-15,17-18,27H,3,16H2,1-2H3,(H,33,34)/b15-10+/t18-,27+/m0/s1. The Morgan fingerprint density at radius 3 is 2.42 bits per heavy atom. The number of para-hydroxylation sites is 1. The van der Waals surface area contributed by atoms with E-state index < -0.39 is 27.3 Å². The van der Waals surface area contributed by atoms with Crippen LogP contribution in [0.4, 0.5) is 18.9 Å². The molecule has 1 aliphatic heterocycles. The van der Waals surface area contributed by atoms with Gasteiger partial charge in [0, 0.05) is 17.8 Å². The van der Waals surface area contributed by atoms with Crippen molar-refractivity contribution in [3.05, 3.63) is 101 Å². The van der Waals surface area contributed by atoms with Crippen LogP contribution in [-0.4, -0.2) is 31.0 Å². The topological polar surface area (TPSA) is 83.9 Å². The minimum Gasteiger partial charge on any atom is -0.478 e. The highest BCUT2D eigenvalue weighted by molar-refractivity contribution is 7.88. The SMILES string of the molecule is CCc1ccccc1N1[C@H](c2ccc(/C=C/C(=O)O)cc2)c2ccc(OS(=O)(=O)C(F)(F)F)cc2C[C@@H]1C. The van der Waals surface area contributed by atoms with Crippen LogP contribution in [0.5, 0.6) is 5.75 Å². The number of benzene rings is 3. The molecule has 200 valence electrons. The fraction of sp³-hybridized carbons (Fsp3) is 0.250. The largest absolute Gasteiger partial charge is 0.534 e. The molecule has 0 aromatic heterocycles. The third-order valence-electron chi connectivity index (χ3n) is 6.49. The molecule has 4 rings (SSSR count). The highest BCUT2D eigenvalue weighted by Crippen LogP contribution is 2.43. The highest BCUT2D eigenvalue weighted by Gasteiger charge is 2.48. The van der Waals surface area contributed by atoms with E-state index in [-0.39, 0.29) is 12.1 Å². The summed E-state index contributed by atoms with van der Waals surface area (Å²) in [5.74, 6) is -1.46. The van der Waals surface area contributed by atoms with Crippen molar-refractivity contribution in [1.29, 1.82) is 0 Å². The number of hydrogen-bond donors (Lipinski definition) is 1. The van der Waals surface area contributed by atoms with Crippen molar-refractivity contribution in [2.24, 2.45) is 0 Å². The van der Waals surface area contributed by atoms with Crippen LogP contribution in [0.2, 0.25) is 0 Å². The van der Waals surface area contributed by atoms with E-state index in [1.807, 2.05) is 43.3 Å². The van der Waals surface area contributed by atoms with E-state index in [2.05, 4.69) is 16.0 Å². The van der Waals surface area contributed by atoms with E-state index in [1.54, 1.807) is 18.2 Å². The zero-order chi connectivity index (χ0) is 27.7. The summed E-state index contributed by atoms with van der Waals surface area (Å²) < 4.78 is 66.2. The Hall–Kier alpha value is -3.79. The Labute approximate surface area is 219 Å². The lowest BCUT2D eigenvalue weighted by molar-refractivity contribution is -0.131. The van der Waals surface area contributed by atoms with Gasteiger partial charge in [-0.15, -0.1) is 0 Å². The van der Waals surface area contributed by atoms with Crippen LogP contribution >= 0.6 is 0 Å². The average molecular weight is 546 g/mol. The maximum absolute atomic E-state index is 12.9. The predicted molar refractivity (Wildman–Crippen MR) is 138 cm³/mol. The van der Waals surface area contributed by atoms with Crippen LogP contribution in [0, 0.1) is 0 Å². The molecule has 10 heteroatoms. The van der Waals surface area contributed by atoms with Crippen molar-refractivity contribution in [2.45, 2.75) is 44.3 Å². The van der Waals surface area contributed by atoms with Gasteiger partial charge in [-0.1, -0.05) is 55.5 Å². The van der Waals surface area contributed by atoms with Crippen LogP contribution in [0.25, 0.3) is 6.08 Å². The zero-order valence-corrected chi connectivity index (χ0v) is 21.5. The molecule has 3 aromatic rings. The van der Waals surface area contributed by atoms with Gasteiger partial charge in [0.05, 0.1) is 6.04 Å². The fourth-order valence-electron chi connectivity index (χ4n) is 4.81. The number of aliphatic carboxylic acids is 1. The molecule has 0 spiro atoms. The first kappa shape index (κ1) is 27.3. The summed E-state index contributed by atoms with van der Waals surface area (Å²) in [5, 5.41) is 8.92. The number of carboxylic acid groups (broad SMARTS) is 1. The molecule has 1 aliphatic rings.